The molecular formula is C20H14O. The van der Waals surface area contributed by atoms with E-state index in [1.807, 2.05) is 12.1 Å². The summed E-state index contributed by atoms with van der Waals surface area (Å²) in [7, 11) is 0. The quantitative estimate of drug-likeness (QED) is 0.762. The highest BCUT2D eigenvalue weighted by atomic mass is 16.1. The highest BCUT2D eigenvalue weighted by Gasteiger charge is 2.24. The van der Waals surface area contributed by atoms with Gasteiger partial charge in [-0.15, -0.1) is 0 Å². The first-order valence-electron chi connectivity index (χ1n) is 7.14. The lowest BCUT2D eigenvalue weighted by atomic mass is 9.77. The summed E-state index contributed by atoms with van der Waals surface area (Å²) >= 11 is 0. The lowest BCUT2D eigenvalue weighted by Crippen LogP contribution is -2.12. The Morgan fingerprint density at radius 2 is 1.57 bits per heavy atom. The van der Waals surface area contributed by atoms with Crippen LogP contribution in [0.25, 0.3) is 5.57 Å². The summed E-state index contributed by atoms with van der Waals surface area (Å²) in [5, 5.41) is 0. The summed E-state index contributed by atoms with van der Waals surface area (Å²) in [6, 6.07) is 18.9. The minimum atomic E-state index is 0.0838. The molecule has 2 aliphatic rings. The molecule has 100 valence electrons. The summed E-state index contributed by atoms with van der Waals surface area (Å²) in [6.07, 6.45) is 6.23. The van der Waals surface area contributed by atoms with Crippen LogP contribution in [0.4, 0.5) is 0 Å². The molecule has 21 heavy (non-hydrogen) atoms. The van der Waals surface area contributed by atoms with E-state index in [2.05, 4.69) is 48.5 Å². The third-order valence-corrected chi connectivity index (χ3v) is 4.08. The van der Waals surface area contributed by atoms with E-state index in [-0.39, 0.29) is 5.78 Å². The van der Waals surface area contributed by atoms with Gasteiger partial charge in [0.2, 0.25) is 0 Å². The first-order chi connectivity index (χ1) is 10.3. The van der Waals surface area contributed by atoms with E-state index >= 15 is 0 Å². The Morgan fingerprint density at radius 3 is 2.43 bits per heavy atom. The first-order valence-corrected chi connectivity index (χ1v) is 7.14. The Balaban J connectivity index is 2.04. The molecule has 0 spiro atoms. The Kier molecular flexibility index (Phi) is 2.71. The molecule has 0 heterocycles. The minimum absolute atomic E-state index is 0.0838. The Bertz CT molecular complexity index is 820. The molecule has 1 nitrogen and oxygen atoms in total. The van der Waals surface area contributed by atoms with Crippen molar-refractivity contribution in [3.8, 4) is 0 Å². The zero-order valence-corrected chi connectivity index (χ0v) is 11.5. The van der Waals surface area contributed by atoms with Crippen molar-refractivity contribution in [3.05, 3.63) is 101 Å². The largest absolute Gasteiger partial charge is 0.290 e. The average molecular weight is 270 g/mol. The van der Waals surface area contributed by atoms with Crippen LogP contribution < -0.4 is 0 Å². The zero-order valence-electron chi connectivity index (χ0n) is 11.5. The average Bonchev–Trinajstić information content (AvgIpc) is 2.53. The van der Waals surface area contributed by atoms with Crippen molar-refractivity contribution < 1.29 is 4.79 Å². The molecule has 0 aromatic heterocycles. The van der Waals surface area contributed by atoms with Gasteiger partial charge in [-0.05, 0) is 52.0 Å². The maximum absolute atomic E-state index is 11.7. The second kappa shape index (κ2) is 4.71. The summed E-state index contributed by atoms with van der Waals surface area (Å²) in [5.74, 6) is 0.0838. The van der Waals surface area contributed by atoms with E-state index in [1.54, 1.807) is 12.2 Å². The second-order valence-corrected chi connectivity index (χ2v) is 5.39. The standard InChI is InChI=1S/C20H14O/c21-17-10-11-19-16(13-17)12-15-8-4-5-9-18(15)20(19)14-6-2-1-3-7-14/h1-11,13H,12H2. The van der Waals surface area contributed by atoms with Gasteiger partial charge in [-0.3, -0.25) is 4.79 Å². The van der Waals surface area contributed by atoms with Crippen molar-refractivity contribution in [2.75, 3.05) is 0 Å². The predicted octanol–water partition coefficient (Wildman–Crippen LogP) is 4.11. The molecule has 0 saturated heterocycles. The van der Waals surface area contributed by atoms with Crippen molar-refractivity contribution in [1.29, 1.82) is 0 Å². The van der Waals surface area contributed by atoms with Crippen LogP contribution in [0.5, 0.6) is 0 Å². The van der Waals surface area contributed by atoms with E-state index in [4.69, 9.17) is 0 Å². The van der Waals surface area contributed by atoms with Gasteiger partial charge >= 0.3 is 0 Å². The van der Waals surface area contributed by atoms with Gasteiger partial charge in [0.1, 0.15) is 0 Å². The highest BCUT2D eigenvalue weighted by molar-refractivity contribution is 6.05. The van der Waals surface area contributed by atoms with Gasteiger partial charge in [0.15, 0.2) is 5.78 Å². The van der Waals surface area contributed by atoms with Gasteiger partial charge in [0, 0.05) is 0 Å². The first kappa shape index (κ1) is 12.1. The number of rotatable bonds is 1. The van der Waals surface area contributed by atoms with Gasteiger partial charge in [0.25, 0.3) is 0 Å². The summed E-state index contributed by atoms with van der Waals surface area (Å²) < 4.78 is 0. The zero-order chi connectivity index (χ0) is 14.2. The van der Waals surface area contributed by atoms with Crippen LogP contribution >= 0.6 is 0 Å². The van der Waals surface area contributed by atoms with E-state index in [0.717, 1.165) is 12.0 Å². The molecule has 0 unspecified atom stereocenters. The Labute approximate surface area is 123 Å². The topological polar surface area (TPSA) is 17.1 Å². The molecule has 0 saturated carbocycles. The summed E-state index contributed by atoms with van der Waals surface area (Å²) in [6.45, 7) is 0. The summed E-state index contributed by atoms with van der Waals surface area (Å²) in [5.41, 5.74) is 7.29. The van der Waals surface area contributed by atoms with E-state index < -0.39 is 0 Å². The maximum Gasteiger partial charge on any atom is 0.178 e. The van der Waals surface area contributed by atoms with Crippen LogP contribution in [0.3, 0.4) is 0 Å². The van der Waals surface area contributed by atoms with Crippen LogP contribution in [-0.2, 0) is 11.2 Å². The van der Waals surface area contributed by atoms with Crippen molar-refractivity contribution in [1.82, 2.24) is 0 Å². The molecule has 0 aliphatic heterocycles. The fourth-order valence-electron chi connectivity index (χ4n) is 3.14. The van der Waals surface area contributed by atoms with Gasteiger partial charge in [-0.1, -0.05) is 60.7 Å². The van der Waals surface area contributed by atoms with Gasteiger partial charge in [-0.25, -0.2) is 0 Å². The second-order valence-electron chi connectivity index (χ2n) is 5.39. The van der Waals surface area contributed by atoms with Crippen LogP contribution in [0, 0.1) is 0 Å². The molecule has 1 heteroatoms. The fourth-order valence-corrected chi connectivity index (χ4v) is 3.14. The number of allylic oxidation sites excluding steroid dienone is 5. The van der Waals surface area contributed by atoms with E-state index in [1.165, 1.54) is 27.8 Å². The number of fused-ring (bicyclic) bond motifs is 2. The van der Waals surface area contributed by atoms with Crippen molar-refractivity contribution in [3.63, 3.8) is 0 Å². The number of ketones is 1. The molecule has 4 rings (SSSR count). The molecule has 0 atom stereocenters. The number of carbonyl (C=O) groups is 1. The third kappa shape index (κ3) is 1.98. The molecule has 2 aliphatic carbocycles. The molecule has 0 bridgehead atoms. The molecular weight excluding hydrogens is 256 g/mol. The van der Waals surface area contributed by atoms with Crippen LogP contribution in [0.1, 0.15) is 16.7 Å². The Hall–Kier alpha value is -2.67. The summed E-state index contributed by atoms with van der Waals surface area (Å²) in [4.78, 5) is 11.7. The maximum atomic E-state index is 11.7. The van der Waals surface area contributed by atoms with Crippen molar-refractivity contribution in [2.45, 2.75) is 6.42 Å². The smallest absolute Gasteiger partial charge is 0.178 e. The lowest BCUT2D eigenvalue weighted by Gasteiger charge is -2.26. The number of hydrogen-bond donors (Lipinski definition) is 0. The molecule has 0 amide bonds. The molecule has 0 fully saturated rings. The van der Waals surface area contributed by atoms with Crippen molar-refractivity contribution in [2.24, 2.45) is 0 Å². The van der Waals surface area contributed by atoms with Gasteiger partial charge in [-0.2, -0.15) is 0 Å². The minimum Gasteiger partial charge on any atom is -0.290 e. The Morgan fingerprint density at radius 1 is 0.810 bits per heavy atom. The third-order valence-electron chi connectivity index (χ3n) is 4.08. The monoisotopic (exact) mass is 270 g/mol. The highest BCUT2D eigenvalue weighted by Crippen LogP contribution is 2.40. The number of hydrogen-bond acceptors (Lipinski definition) is 1. The van der Waals surface area contributed by atoms with Gasteiger partial charge in [0.05, 0.1) is 0 Å². The number of benzene rings is 2. The molecule has 0 radical (unpaired) electrons. The number of carbonyl (C=O) groups excluding carboxylic acids is 1. The van der Waals surface area contributed by atoms with Crippen LogP contribution in [-0.4, -0.2) is 5.78 Å². The van der Waals surface area contributed by atoms with Crippen LogP contribution in [0.15, 0.2) is 84.0 Å². The fraction of sp³-hybridized carbons (Fsp3) is 0.0500. The normalized spacial score (nSPS) is 16.4. The van der Waals surface area contributed by atoms with Crippen molar-refractivity contribution >= 4 is 11.4 Å². The SMILES string of the molecule is O=C1C=CC2=C(c3ccccc3)c3ccccc3CC2=C1. The van der Waals surface area contributed by atoms with Gasteiger partial charge < -0.3 is 0 Å². The molecule has 0 N–H and O–H groups in total. The van der Waals surface area contributed by atoms with Crippen LogP contribution in [0.2, 0.25) is 0 Å². The lowest BCUT2D eigenvalue weighted by molar-refractivity contribution is -0.110. The van der Waals surface area contributed by atoms with E-state index in [0.29, 0.717) is 0 Å². The predicted molar refractivity (Wildman–Crippen MR) is 84.8 cm³/mol. The van der Waals surface area contributed by atoms with E-state index in [9.17, 15) is 4.79 Å². The molecule has 2 aromatic carbocycles. The molecule has 2 aromatic rings.